The maximum atomic E-state index is 7.07. The lowest BCUT2D eigenvalue weighted by molar-refractivity contribution is -0.649. The smallest absolute Gasteiger partial charge is 0.244 e. The van der Waals surface area contributed by atoms with Crippen LogP contribution in [0.25, 0.3) is 55.5 Å². The summed E-state index contributed by atoms with van der Waals surface area (Å²) in [7, 11) is 6.30. The van der Waals surface area contributed by atoms with Crippen molar-refractivity contribution in [1.82, 2.24) is 14.1 Å². The average molecular weight is 896 g/mol. The molecule has 0 fully saturated rings. The van der Waals surface area contributed by atoms with Gasteiger partial charge in [0.05, 0.1) is 40.2 Å². The van der Waals surface area contributed by atoms with Gasteiger partial charge in [0.15, 0.2) is 0 Å². The van der Waals surface area contributed by atoms with Crippen LogP contribution in [0, 0.1) is 6.33 Å². The zero-order valence-corrected chi connectivity index (χ0v) is 42.7. The highest BCUT2D eigenvalue weighted by molar-refractivity contribution is 6.10. The number of hydrogen-bond donors (Lipinski definition) is 0. The van der Waals surface area contributed by atoms with E-state index in [4.69, 9.17) is 9.72 Å². The Morgan fingerprint density at radius 3 is 1.81 bits per heavy atom. The van der Waals surface area contributed by atoms with Crippen molar-refractivity contribution < 1.29 is 9.30 Å². The quantitative estimate of drug-likeness (QED) is 0.131. The van der Waals surface area contributed by atoms with Crippen LogP contribution in [0.1, 0.15) is 128 Å². The second kappa shape index (κ2) is 14.4. The summed E-state index contributed by atoms with van der Waals surface area (Å²) in [5, 5.41) is 2.32. The number of anilines is 1. The summed E-state index contributed by atoms with van der Waals surface area (Å²) >= 11 is 0. The standard InChI is InChI=1S/C62H65N5O/c1-58(2,3)37-29-44-45-30-38(59(4,5)6)32-49(61(10,11)12)56(45)62(55(44)48(31-37)60(7,8)9)46-26-24-41(35-53(46)66-36-65(15)51-20-18-19-47(62)57(51)66)68-40-23-25-42-43-33-39(64(13)14)22-27-50(43)67(52(42)34-40)54-21-16-17-28-63-54/h16-35H,1-15H3. The van der Waals surface area contributed by atoms with Crippen LogP contribution in [0.15, 0.2) is 121 Å². The molecule has 0 unspecified atom stereocenters. The number of aromatic nitrogens is 4. The van der Waals surface area contributed by atoms with Gasteiger partial charge < -0.3 is 18.8 Å². The SMILES string of the molecule is CN(C)c1ccc2c(c1)c1ccc(Oc3ccc4c(c3)-n3[c-][n+](C)c5cccc(c53)C43c4c(cc(C(C)(C)C)cc4C(C)(C)C)-c4cc(C(C)(C)C)cc(C(C)(C)C)c43)cc1n2-c1ccccn1. The Kier molecular flexibility index (Phi) is 9.31. The molecule has 0 radical (unpaired) electrons. The van der Waals surface area contributed by atoms with E-state index in [0.29, 0.717) is 0 Å². The summed E-state index contributed by atoms with van der Waals surface area (Å²) in [6.45, 7) is 28.6. The summed E-state index contributed by atoms with van der Waals surface area (Å²) < 4.78 is 13.8. The van der Waals surface area contributed by atoms with Gasteiger partial charge in [-0.3, -0.25) is 4.57 Å². The molecule has 6 heteroatoms. The van der Waals surface area contributed by atoms with Crippen LogP contribution >= 0.6 is 0 Å². The third-order valence-electron chi connectivity index (χ3n) is 14.9. The Bertz CT molecular complexity index is 3470. The largest absolute Gasteiger partial charge is 0.458 e. The van der Waals surface area contributed by atoms with Crippen molar-refractivity contribution in [1.29, 1.82) is 0 Å². The first-order valence-electron chi connectivity index (χ1n) is 24.3. The zero-order valence-electron chi connectivity index (χ0n) is 42.7. The molecule has 0 amide bonds. The van der Waals surface area contributed by atoms with E-state index in [-0.39, 0.29) is 21.7 Å². The number of para-hydroxylation sites is 1. The summed E-state index contributed by atoms with van der Waals surface area (Å²) in [4.78, 5) is 6.98. The summed E-state index contributed by atoms with van der Waals surface area (Å²) in [5.41, 5.74) is 19.1. The third-order valence-corrected chi connectivity index (χ3v) is 14.9. The van der Waals surface area contributed by atoms with Crippen LogP contribution in [0.3, 0.4) is 0 Å². The molecule has 1 aliphatic heterocycles. The molecule has 344 valence electrons. The van der Waals surface area contributed by atoms with Gasteiger partial charge in [0, 0.05) is 42.8 Å². The van der Waals surface area contributed by atoms with Crippen LogP contribution in [-0.2, 0) is 34.1 Å². The van der Waals surface area contributed by atoms with Crippen molar-refractivity contribution in [2.75, 3.05) is 19.0 Å². The van der Waals surface area contributed by atoms with Crippen molar-refractivity contribution in [3.8, 4) is 34.1 Å². The highest BCUT2D eigenvalue weighted by Gasteiger charge is 2.54. The molecule has 0 saturated carbocycles. The molecule has 4 heterocycles. The second-order valence-electron chi connectivity index (χ2n) is 23.9. The Morgan fingerprint density at radius 2 is 1.22 bits per heavy atom. The van der Waals surface area contributed by atoms with Crippen molar-refractivity contribution in [2.45, 2.75) is 110 Å². The molecule has 0 N–H and O–H groups in total. The molecule has 11 rings (SSSR count). The molecule has 0 saturated heterocycles. The normalized spacial score (nSPS) is 14.2. The Labute approximate surface area is 402 Å². The van der Waals surface area contributed by atoms with E-state index in [2.05, 4.69) is 232 Å². The summed E-state index contributed by atoms with van der Waals surface area (Å²) in [5.74, 6) is 2.39. The monoisotopic (exact) mass is 896 g/mol. The lowest BCUT2D eigenvalue weighted by atomic mass is 9.60. The van der Waals surface area contributed by atoms with Gasteiger partial charge in [-0.15, -0.1) is 0 Å². The number of nitrogens with zero attached hydrogens (tertiary/aromatic N) is 5. The lowest BCUT2D eigenvalue weighted by Gasteiger charge is -2.45. The highest BCUT2D eigenvalue weighted by Crippen LogP contribution is 2.65. The van der Waals surface area contributed by atoms with Crippen molar-refractivity contribution in [3.63, 3.8) is 0 Å². The number of benzene rings is 6. The van der Waals surface area contributed by atoms with E-state index in [1.807, 2.05) is 18.3 Å². The number of hydrogen-bond acceptors (Lipinski definition) is 3. The topological polar surface area (TPSA) is 39.1 Å². The molecular formula is C62H65N5O. The van der Waals surface area contributed by atoms with Crippen LogP contribution in [0.5, 0.6) is 11.5 Å². The number of imidazole rings is 1. The molecule has 6 nitrogen and oxygen atoms in total. The predicted molar refractivity (Wildman–Crippen MR) is 282 cm³/mol. The number of fused-ring (bicyclic) bond motifs is 12. The first-order valence-corrected chi connectivity index (χ1v) is 24.3. The summed E-state index contributed by atoms with van der Waals surface area (Å²) in [6, 6.07) is 43.2. The molecule has 68 heavy (non-hydrogen) atoms. The number of ether oxygens (including phenoxy) is 1. The van der Waals surface area contributed by atoms with Crippen LogP contribution in [-0.4, -0.2) is 28.2 Å². The van der Waals surface area contributed by atoms with E-state index in [1.54, 1.807) is 0 Å². The average Bonchev–Trinajstić information content (AvgIpc) is 3.89. The van der Waals surface area contributed by atoms with Crippen molar-refractivity contribution in [3.05, 3.63) is 172 Å². The molecule has 1 aliphatic carbocycles. The molecule has 9 aromatic rings. The van der Waals surface area contributed by atoms with E-state index in [1.165, 1.54) is 66.5 Å². The van der Waals surface area contributed by atoms with E-state index >= 15 is 0 Å². The van der Waals surface area contributed by atoms with E-state index < -0.39 is 5.41 Å². The molecule has 2 aliphatic rings. The first kappa shape index (κ1) is 43.9. The zero-order chi connectivity index (χ0) is 48.2. The van der Waals surface area contributed by atoms with E-state index in [9.17, 15) is 0 Å². The Hall–Kier alpha value is -6.66. The predicted octanol–water partition coefficient (Wildman–Crippen LogP) is 14.5. The van der Waals surface area contributed by atoms with Crippen molar-refractivity contribution >= 4 is 38.5 Å². The minimum atomic E-state index is -0.654. The van der Waals surface area contributed by atoms with Gasteiger partial charge >= 0.3 is 0 Å². The van der Waals surface area contributed by atoms with Gasteiger partial charge in [0.1, 0.15) is 17.3 Å². The highest BCUT2D eigenvalue weighted by atomic mass is 16.5. The van der Waals surface area contributed by atoms with Gasteiger partial charge in [-0.25, -0.2) is 4.98 Å². The molecule has 0 bridgehead atoms. The van der Waals surface area contributed by atoms with E-state index in [0.717, 1.165) is 50.6 Å². The molecular weight excluding hydrogens is 831 g/mol. The minimum Gasteiger partial charge on any atom is -0.458 e. The third kappa shape index (κ3) is 6.35. The molecule has 0 atom stereocenters. The van der Waals surface area contributed by atoms with Gasteiger partial charge in [0.25, 0.3) is 0 Å². The fourth-order valence-corrected chi connectivity index (χ4v) is 11.4. The minimum absolute atomic E-state index is 0.0578. The molecule has 3 aromatic heterocycles. The molecule has 1 spiro atoms. The number of rotatable bonds is 4. The van der Waals surface area contributed by atoms with Gasteiger partial charge in [-0.2, -0.15) is 0 Å². The fourth-order valence-electron chi connectivity index (χ4n) is 11.4. The van der Waals surface area contributed by atoms with Gasteiger partial charge in [0.2, 0.25) is 6.33 Å². The van der Waals surface area contributed by atoms with Crippen LogP contribution in [0.2, 0.25) is 0 Å². The summed E-state index contributed by atoms with van der Waals surface area (Å²) in [6.07, 6.45) is 5.64. The maximum absolute atomic E-state index is 7.07. The first-order chi connectivity index (χ1) is 32.0. The van der Waals surface area contributed by atoms with Crippen LogP contribution < -0.4 is 14.2 Å². The lowest BCUT2D eigenvalue weighted by Crippen LogP contribution is -2.38. The number of aryl methyl sites for hydroxylation is 1. The van der Waals surface area contributed by atoms with Gasteiger partial charge in [-0.1, -0.05) is 138 Å². The maximum Gasteiger partial charge on any atom is 0.244 e. The Morgan fingerprint density at radius 1 is 0.588 bits per heavy atom. The van der Waals surface area contributed by atoms with Crippen molar-refractivity contribution in [2.24, 2.45) is 7.05 Å². The van der Waals surface area contributed by atoms with Crippen LogP contribution in [0.4, 0.5) is 5.69 Å². The fraction of sp³-hybridized carbons (Fsp3) is 0.323. The number of pyridine rings is 1. The Balaban J connectivity index is 1.21. The second-order valence-corrected chi connectivity index (χ2v) is 23.9. The molecule has 6 aromatic carbocycles. The van der Waals surface area contributed by atoms with Gasteiger partial charge in [-0.05, 0) is 132 Å².